The first kappa shape index (κ1) is 23.4. The van der Waals surface area contributed by atoms with Gasteiger partial charge in [0, 0.05) is 22.8 Å². The highest BCUT2D eigenvalue weighted by Crippen LogP contribution is 2.38. The lowest BCUT2D eigenvalue weighted by atomic mass is 9.94. The fraction of sp³-hybridized carbons (Fsp3) is 0.346. The highest BCUT2D eigenvalue weighted by Gasteiger charge is 2.37. The number of benzene rings is 2. The minimum absolute atomic E-state index is 0.0164. The predicted molar refractivity (Wildman–Crippen MR) is 134 cm³/mol. The zero-order chi connectivity index (χ0) is 24.4. The molecule has 0 bridgehead atoms. The first-order valence-corrected chi connectivity index (χ1v) is 12.8. The zero-order valence-corrected chi connectivity index (χ0v) is 20.8. The van der Waals surface area contributed by atoms with Gasteiger partial charge in [0.25, 0.3) is 5.89 Å². The zero-order valence-electron chi connectivity index (χ0n) is 20.0. The van der Waals surface area contributed by atoms with Crippen molar-refractivity contribution < 1.29 is 18.8 Å². The molecule has 0 saturated carbocycles. The van der Waals surface area contributed by atoms with Gasteiger partial charge in [-0.25, -0.2) is 4.79 Å². The summed E-state index contributed by atoms with van der Waals surface area (Å²) in [5, 5.41) is 7.39. The van der Waals surface area contributed by atoms with Crippen molar-refractivity contribution in [1.29, 1.82) is 0 Å². The van der Waals surface area contributed by atoms with Crippen LogP contribution in [0.3, 0.4) is 0 Å². The van der Waals surface area contributed by atoms with Gasteiger partial charge in [-0.15, -0.1) is 11.8 Å². The maximum atomic E-state index is 13.2. The average Bonchev–Trinajstić information content (AvgIpc) is 3.59. The van der Waals surface area contributed by atoms with Crippen molar-refractivity contribution in [3.63, 3.8) is 0 Å². The molecule has 3 heterocycles. The van der Waals surface area contributed by atoms with Crippen LogP contribution in [0.5, 0.6) is 5.75 Å². The van der Waals surface area contributed by atoms with Crippen molar-refractivity contribution in [2.75, 3.05) is 26.5 Å². The molecule has 5 rings (SSSR count). The lowest BCUT2D eigenvalue weighted by molar-refractivity contribution is 0.0877. The summed E-state index contributed by atoms with van der Waals surface area (Å²) in [6.07, 6.45) is 4.00. The Morgan fingerprint density at radius 3 is 2.60 bits per heavy atom. The van der Waals surface area contributed by atoms with E-state index < -0.39 is 6.04 Å². The molecule has 1 N–H and O–H groups in total. The Bertz CT molecular complexity index is 1220. The van der Waals surface area contributed by atoms with Crippen LogP contribution in [0.15, 0.2) is 63.6 Å². The van der Waals surface area contributed by atoms with E-state index in [0.717, 1.165) is 52.5 Å². The number of aromatic nitrogens is 2. The summed E-state index contributed by atoms with van der Waals surface area (Å²) in [6, 6.07) is 15.0. The molecule has 2 atom stereocenters. The Hall–Kier alpha value is -3.30. The van der Waals surface area contributed by atoms with Crippen LogP contribution >= 0.6 is 11.8 Å². The van der Waals surface area contributed by atoms with E-state index in [1.807, 2.05) is 61.7 Å². The highest BCUT2D eigenvalue weighted by atomic mass is 32.2. The molecule has 2 amide bonds. The third-order valence-electron chi connectivity index (χ3n) is 6.46. The summed E-state index contributed by atoms with van der Waals surface area (Å²) in [4.78, 5) is 20.8. The van der Waals surface area contributed by atoms with E-state index in [4.69, 9.17) is 19.0 Å². The van der Waals surface area contributed by atoms with Crippen LogP contribution in [0.2, 0.25) is 0 Å². The molecule has 2 aromatic carbocycles. The molecule has 0 radical (unpaired) electrons. The molecular weight excluding hydrogens is 464 g/mol. The molecule has 2 unspecified atom stereocenters. The van der Waals surface area contributed by atoms with Crippen molar-refractivity contribution in [1.82, 2.24) is 20.4 Å². The minimum Gasteiger partial charge on any atom is -0.497 e. The summed E-state index contributed by atoms with van der Waals surface area (Å²) in [6.45, 7) is 3.14. The number of hydrogen-bond acceptors (Lipinski definition) is 7. The molecule has 0 spiro atoms. The summed E-state index contributed by atoms with van der Waals surface area (Å²) in [5.74, 6) is 1.63. The van der Waals surface area contributed by atoms with Crippen LogP contribution in [-0.2, 0) is 4.74 Å². The minimum atomic E-state index is -0.443. The number of amides is 2. The standard InChI is InChI=1S/C26H28N4O4S/c1-16-22(25-28-24(29-34-25)18-8-12-21(35-3)13-9-18)23(17-6-10-19(32-2)11-7-17)27-26(31)30(16)15-20-5-4-14-33-20/h6-13,20,23H,4-5,14-15H2,1-3H3,(H,27,31). The van der Waals surface area contributed by atoms with Crippen LogP contribution in [0.25, 0.3) is 17.0 Å². The molecule has 35 heavy (non-hydrogen) atoms. The fourth-order valence-corrected chi connectivity index (χ4v) is 4.92. The van der Waals surface area contributed by atoms with Crippen LogP contribution in [0.1, 0.15) is 37.3 Å². The lowest BCUT2D eigenvalue weighted by Crippen LogP contribution is -2.48. The van der Waals surface area contributed by atoms with Crippen LogP contribution in [-0.4, -0.2) is 53.7 Å². The SMILES string of the molecule is COc1ccc(C2NC(=O)N(CC3CCCO3)C(C)=C2c2nc(-c3ccc(SC)cc3)no2)cc1. The molecule has 3 aromatic rings. The number of carbonyl (C=O) groups excluding carboxylic acids is 1. The van der Waals surface area contributed by atoms with E-state index >= 15 is 0 Å². The summed E-state index contributed by atoms with van der Waals surface area (Å²) in [7, 11) is 1.63. The number of carbonyl (C=O) groups is 1. The third-order valence-corrected chi connectivity index (χ3v) is 7.20. The van der Waals surface area contributed by atoms with Crippen molar-refractivity contribution in [2.24, 2.45) is 0 Å². The van der Waals surface area contributed by atoms with Crippen molar-refractivity contribution >= 4 is 23.4 Å². The maximum Gasteiger partial charge on any atom is 0.322 e. The molecule has 9 heteroatoms. The number of nitrogens with zero attached hydrogens (tertiary/aromatic N) is 3. The lowest BCUT2D eigenvalue weighted by Gasteiger charge is -2.36. The molecule has 2 aliphatic heterocycles. The van der Waals surface area contributed by atoms with Crippen molar-refractivity contribution in [3.8, 4) is 17.1 Å². The highest BCUT2D eigenvalue weighted by molar-refractivity contribution is 7.98. The Kier molecular flexibility index (Phi) is 6.79. The second kappa shape index (κ2) is 10.1. The molecule has 1 saturated heterocycles. The number of rotatable bonds is 7. The summed E-state index contributed by atoms with van der Waals surface area (Å²) in [5.41, 5.74) is 3.31. The number of hydrogen-bond donors (Lipinski definition) is 1. The van der Waals surface area contributed by atoms with Gasteiger partial charge in [0.05, 0.1) is 31.4 Å². The Morgan fingerprint density at radius 2 is 1.94 bits per heavy atom. The Labute approximate surface area is 208 Å². The number of thioether (sulfide) groups is 1. The first-order valence-electron chi connectivity index (χ1n) is 11.6. The number of nitrogens with one attached hydrogen (secondary N) is 1. The molecular formula is C26H28N4O4S. The van der Waals surface area contributed by atoms with Gasteiger partial charge < -0.3 is 19.3 Å². The van der Waals surface area contributed by atoms with Crippen LogP contribution < -0.4 is 10.1 Å². The smallest absolute Gasteiger partial charge is 0.322 e. The Morgan fingerprint density at radius 1 is 1.17 bits per heavy atom. The van der Waals surface area contributed by atoms with Gasteiger partial charge >= 0.3 is 6.03 Å². The molecule has 1 fully saturated rings. The van der Waals surface area contributed by atoms with Gasteiger partial charge in [-0.05, 0) is 68.0 Å². The second-order valence-electron chi connectivity index (χ2n) is 8.55. The van der Waals surface area contributed by atoms with Gasteiger partial charge in [-0.1, -0.05) is 17.3 Å². The molecule has 1 aromatic heterocycles. The average molecular weight is 493 g/mol. The van der Waals surface area contributed by atoms with E-state index in [9.17, 15) is 4.79 Å². The van der Waals surface area contributed by atoms with E-state index in [0.29, 0.717) is 18.3 Å². The Balaban J connectivity index is 1.54. The quantitative estimate of drug-likeness (QED) is 0.457. The molecule has 182 valence electrons. The van der Waals surface area contributed by atoms with Gasteiger partial charge in [0.2, 0.25) is 5.82 Å². The normalized spacial score (nSPS) is 20.3. The molecule has 2 aliphatic rings. The topological polar surface area (TPSA) is 89.7 Å². The van der Waals surface area contributed by atoms with E-state index in [1.54, 1.807) is 23.8 Å². The van der Waals surface area contributed by atoms with Gasteiger partial charge in [0.1, 0.15) is 5.75 Å². The van der Waals surface area contributed by atoms with Gasteiger partial charge in [0.15, 0.2) is 0 Å². The van der Waals surface area contributed by atoms with E-state index in [-0.39, 0.29) is 12.1 Å². The number of methoxy groups -OCH3 is 1. The van der Waals surface area contributed by atoms with Crippen LogP contribution in [0.4, 0.5) is 4.79 Å². The molecule has 8 nitrogen and oxygen atoms in total. The van der Waals surface area contributed by atoms with Crippen molar-refractivity contribution in [3.05, 3.63) is 65.7 Å². The number of ether oxygens (including phenoxy) is 2. The van der Waals surface area contributed by atoms with Crippen LogP contribution in [0, 0.1) is 0 Å². The number of urea groups is 1. The van der Waals surface area contributed by atoms with Crippen molar-refractivity contribution in [2.45, 2.75) is 36.8 Å². The molecule has 0 aliphatic carbocycles. The maximum absolute atomic E-state index is 13.2. The monoisotopic (exact) mass is 492 g/mol. The largest absolute Gasteiger partial charge is 0.497 e. The summed E-state index contributed by atoms with van der Waals surface area (Å²) >= 11 is 1.68. The van der Waals surface area contributed by atoms with Gasteiger partial charge in [-0.2, -0.15) is 4.98 Å². The second-order valence-corrected chi connectivity index (χ2v) is 9.43. The van der Waals surface area contributed by atoms with Gasteiger partial charge in [-0.3, -0.25) is 4.90 Å². The van der Waals surface area contributed by atoms with E-state index in [1.165, 1.54) is 0 Å². The first-order chi connectivity index (χ1) is 17.1. The fourth-order valence-electron chi connectivity index (χ4n) is 4.51. The van der Waals surface area contributed by atoms with E-state index in [2.05, 4.69) is 10.5 Å². The predicted octanol–water partition coefficient (Wildman–Crippen LogP) is 5.14. The third kappa shape index (κ3) is 4.78. The number of allylic oxidation sites excluding steroid dienone is 1. The summed E-state index contributed by atoms with van der Waals surface area (Å²) < 4.78 is 16.9.